The van der Waals surface area contributed by atoms with Gasteiger partial charge in [-0.2, -0.15) is 0 Å². The Morgan fingerprint density at radius 2 is 2.14 bits per heavy atom. The number of nitrogens with one attached hydrogen (secondary N) is 1. The third kappa shape index (κ3) is 2.32. The first kappa shape index (κ1) is 10.5. The van der Waals surface area contributed by atoms with Crippen molar-refractivity contribution in [3.8, 4) is 0 Å². The van der Waals surface area contributed by atoms with E-state index in [9.17, 15) is 0 Å². The molecule has 1 saturated carbocycles. The monoisotopic (exact) mass is 322 g/mol. The van der Waals surface area contributed by atoms with E-state index in [0.29, 0.717) is 12.1 Å². The molecular weight excluding hydrogens is 310 g/mol. The number of hydrogen-bond donors (Lipinski definition) is 2. The fraction of sp³-hybridized carbons (Fsp3) is 0.400. The number of halogens is 2. The number of anilines is 1. The summed E-state index contributed by atoms with van der Waals surface area (Å²) in [7, 11) is 0. The van der Waals surface area contributed by atoms with Crippen LogP contribution < -0.4 is 11.1 Å². The molecule has 76 valence electrons. The molecule has 1 fully saturated rings. The molecule has 0 unspecified atom stereocenters. The predicted octanol–water partition coefficient (Wildman–Crippen LogP) is 2.85. The third-order valence-electron chi connectivity index (χ3n) is 2.47. The van der Waals surface area contributed by atoms with Gasteiger partial charge in [-0.15, -0.1) is 0 Å². The van der Waals surface area contributed by atoms with Crippen LogP contribution >= 0.6 is 34.2 Å². The fourth-order valence-electron chi connectivity index (χ4n) is 1.61. The zero-order chi connectivity index (χ0) is 10.1. The summed E-state index contributed by atoms with van der Waals surface area (Å²) in [6.45, 7) is 0. The van der Waals surface area contributed by atoms with E-state index in [4.69, 9.17) is 17.3 Å². The lowest BCUT2D eigenvalue weighted by atomic mass is 9.87. The van der Waals surface area contributed by atoms with Gasteiger partial charge in [-0.1, -0.05) is 11.6 Å². The topological polar surface area (TPSA) is 38.0 Å². The summed E-state index contributed by atoms with van der Waals surface area (Å²) >= 11 is 8.34. The summed E-state index contributed by atoms with van der Waals surface area (Å²) in [5, 5.41) is 4.18. The molecule has 0 radical (unpaired) electrons. The van der Waals surface area contributed by atoms with E-state index >= 15 is 0 Å². The molecule has 1 aromatic carbocycles. The van der Waals surface area contributed by atoms with Crippen molar-refractivity contribution in [3.63, 3.8) is 0 Å². The van der Waals surface area contributed by atoms with Gasteiger partial charge in [0.1, 0.15) is 0 Å². The van der Waals surface area contributed by atoms with Crippen molar-refractivity contribution in [1.29, 1.82) is 0 Å². The minimum atomic E-state index is 0.370. The minimum absolute atomic E-state index is 0.370. The predicted molar refractivity (Wildman–Crippen MR) is 68.8 cm³/mol. The fourth-order valence-corrected chi connectivity index (χ4v) is 2.52. The van der Waals surface area contributed by atoms with Crippen LogP contribution in [-0.2, 0) is 0 Å². The number of rotatable bonds is 2. The van der Waals surface area contributed by atoms with Gasteiger partial charge in [0.25, 0.3) is 0 Å². The summed E-state index contributed by atoms with van der Waals surface area (Å²) in [6, 6.07) is 6.90. The second kappa shape index (κ2) is 4.24. The Morgan fingerprint density at radius 3 is 2.71 bits per heavy atom. The van der Waals surface area contributed by atoms with Crippen LogP contribution in [0.2, 0.25) is 5.02 Å². The molecule has 2 rings (SSSR count). The molecule has 0 spiro atoms. The van der Waals surface area contributed by atoms with Crippen LogP contribution in [0, 0.1) is 3.57 Å². The van der Waals surface area contributed by atoms with Gasteiger partial charge in [0.05, 0.1) is 10.7 Å². The third-order valence-corrected chi connectivity index (χ3v) is 3.45. The maximum Gasteiger partial charge on any atom is 0.0648 e. The molecule has 1 aliphatic carbocycles. The van der Waals surface area contributed by atoms with Crippen LogP contribution in [0.3, 0.4) is 0 Å². The van der Waals surface area contributed by atoms with Crippen molar-refractivity contribution in [1.82, 2.24) is 0 Å². The van der Waals surface area contributed by atoms with Crippen LogP contribution in [0.25, 0.3) is 0 Å². The maximum atomic E-state index is 6.09. The van der Waals surface area contributed by atoms with Crippen molar-refractivity contribution in [3.05, 3.63) is 26.8 Å². The van der Waals surface area contributed by atoms with Gasteiger partial charge in [0, 0.05) is 15.7 Å². The van der Waals surface area contributed by atoms with E-state index in [0.717, 1.165) is 27.1 Å². The van der Waals surface area contributed by atoms with E-state index in [1.165, 1.54) is 0 Å². The van der Waals surface area contributed by atoms with Gasteiger partial charge >= 0.3 is 0 Å². The average Bonchev–Trinajstić information content (AvgIpc) is 2.06. The van der Waals surface area contributed by atoms with Crippen LogP contribution in [-0.4, -0.2) is 12.1 Å². The molecule has 3 N–H and O–H groups in total. The molecule has 0 saturated heterocycles. The molecule has 0 atom stereocenters. The standard InChI is InChI=1S/C10H12ClIN2/c11-9-3-6(12)1-2-10(9)14-8-4-7(13)5-8/h1-3,7-8,14H,4-5,13H2. The Labute approximate surface area is 102 Å². The Kier molecular flexibility index (Phi) is 3.19. The summed E-state index contributed by atoms with van der Waals surface area (Å²) in [6.07, 6.45) is 2.09. The molecule has 0 aliphatic heterocycles. The highest BCUT2D eigenvalue weighted by Gasteiger charge is 2.25. The Bertz CT molecular complexity index is 337. The summed E-state index contributed by atoms with van der Waals surface area (Å²) < 4.78 is 1.16. The molecule has 0 heterocycles. The largest absolute Gasteiger partial charge is 0.381 e. The Balaban J connectivity index is 2.02. The first-order valence-electron chi connectivity index (χ1n) is 4.62. The Hall–Kier alpha value is -0.0000000000000000555. The van der Waals surface area contributed by atoms with E-state index in [1.54, 1.807) is 0 Å². The van der Waals surface area contributed by atoms with Crippen molar-refractivity contribution in [2.75, 3.05) is 5.32 Å². The zero-order valence-corrected chi connectivity index (χ0v) is 10.5. The lowest BCUT2D eigenvalue weighted by Gasteiger charge is -2.34. The highest BCUT2D eigenvalue weighted by atomic mass is 127. The normalized spacial score (nSPS) is 25.6. The highest BCUT2D eigenvalue weighted by Crippen LogP contribution is 2.28. The summed E-state index contributed by atoms with van der Waals surface area (Å²) in [5.74, 6) is 0. The zero-order valence-electron chi connectivity index (χ0n) is 7.63. The lowest BCUT2D eigenvalue weighted by Crippen LogP contribution is -2.44. The summed E-state index contributed by atoms with van der Waals surface area (Å²) in [5.41, 5.74) is 6.73. The van der Waals surface area contributed by atoms with Crippen molar-refractivity contribution in [2.45, 2.75) is 24.9 Å². The van der Waals surface area contributed by atoms with Gasteiger partial charge in [0.2, 0.25) is 0 Å². The van der Waals surface area contributed by atoms with Crippen LogP contribution in [0.1, 0.15) is 12.8 Å². The molecule has 4 heteroatoms. The van der Waals surface area contributed by atoms with Gasteiger partial charge in [-0.05, 0) is 53.6 Å². The lowest BCUT2D eigenvalue weighted by molar-refractivity contribution is 0.374. The van der Waals surface area contributed by atoms with Crippen LogP contribution in [0.4, 0.5) is 5.69 Å². The first-order valence-corrected chi connectivity index (χ1v) is 6.08. The average molecular weight is 323 g/mol. The maximum absolute atomic E-state index is 6.09. The van der Waals surface area contributed by atoms with Gasteiger partial charge in [-0.3, -0.25) is 0 Å². The van der Waals surface area contributed by atoms with Crippen LogP contribution in [0.15, 0.2) is 18.2 Å². The van der Waals surface area contributed by atoms with Crippen molar-refractivity contribution >= 4 is 39.9 Å². The summed E-state index contributed by atoms with van der Waals surface area (Å²) in [4.78, 5) is 0. The highest BCUT2D eigenvalue weighted by molar-refractivity contribution is 14.1. The van der Waals surface area contributed by atoms with Gasteiger partial charge < -0.3 is 11.1 Å². The molecular formula is C10H12ClIN2. The smallest absolute Gasteiger partial charge is 0.0648 e. The molecule has 1 aliphatic rings. The van der Waals surface area contributed by atoms with Crippen molar-refractivity contribution < 1.29 is 0 Å². The Morgan fingerprint density at radius 1 is 1.43 bits per heavy atom. The van der Waals surface area contributed by atoms with E-state index in [-0.39, 0.29) is 0 Å². The second-order valence-corrected chi connectivity index (χ2v) is 5.35. The SMILES string of the molecule is NC1CC(Nc2ccc(I)cc2Cl)C1. The van der Waals surface area contributed by atoms with E-state index in [2.05, 4.69) is 27.9 Å². The van der Waals surface area contributed by atoms with Crippen molar-refractivity contribution in [2.24, 2.45) is 5.73 Å². The van der Waals surface area contributed by atoms with Crippen LogP contribution in [0.5, 0.6) is 0 Å². The second-order valence-electron chi connectivity index (χ2n) is 3.70. The number of hydrogen-bond acceptors (Lipinski definition) is 2. The van der Waals surface area contributed by atoms with E-state index < -0.39 is 0 Å². The minimum Gasteiger partial charge on any atom is -0.381 e. The number of benzene rings is 1. The molecule has 0 aromatic heterocycles. The quantitative estimate of drug-likeness (QED) is 0.822. The van der Waals surface area contributed by atoms with Gasteiger partial charge in [-0.25, -0.2) is 0 Å². The van der Waals surface area contributed by atoms with Gasteiger partial charge in [0.15, 0.2) is 0 Å². The molecule has 0 bridgehead atoms. The molecule has 2 nitrogen and oxygen atoms in total. The first-order chi connectivity index (χ1) is 6.65. The molecule has 0 amide bonds. The molecule has 1 aromatic rings. The molecule has 14 heavy (non-hydrogen) atoms. The number of nitrogens with two attached hydrogens (primary N) is 1. The van der Waals surface area contributed by atoms with E-state index in [1.807, 2.05) is 18.2 Å².